The number of aromatic nitrogens is 2. The zero-order valence-corrected chi connectivity index (χ0v) is 14.2. The topological polar surface area (TPSA) is 73.3 Å². The van der Waals surface area contributed by atoms with Gasteiger partial charge < -0.3 is 20.6 Å². The van der Waals surface area contributed by atoms with E-state index in [9.17, 15) is 5.11 Å². The SMILES string of the molecule is OCC[C@@H]1CCCCN1c1nc(N[C@@H]2CCCNC2)ncc1Cl. The van der Waals surface area contributed by atoms with E-state index in [0.29, 0.717) is 23.1 Å². The maximum absolute atomic E-state index is 9.31. The van der Waals surface area contributed by atoms with E-state index < -0.39 is 0 Å². The lowest BCUT2D eigenvalue weighted by Crippen LogP contribution is -2.41. The van der Waals surface area contributed by atoms with Crippen molar-refractivity contribution in [1.82, 2.24) is 15.3 Å². The smallest absolute Gasteiger partial charge is 0.224 e. The van der Waals surface area contributed by atoms with Crippen LogP contribution < -0.4 is 15.5 Å². The second-order valence-electron chi connectivity index (χ2n) is 6.41. The van der Waals surface area contributed by atoms with Gasteiger partial charge in [0.05, 0.1) is 6.20 Å². The van der Waals surface area contributed by atoms with E-state index in [2.05, 4.69) is 25.5 Å². The van der Waals surface area contributed by atoms with Gasteiger partial charge in [0, 0.05) is 31.8 Å². The molecule has 0 radical (unpaired) electrons. The van der Waals surface area contributed by atoms with Crippen LogP contribution in [0.25, 0.3) is 0 Å². The summed E-state index contributed by atoms with van der Waals surface area (Å²) in [6.45, 7) is 3.16. The van der Waals surface area contributed by atoms with Crippen LogP contribution in [0.5, 0.6) is 0 Å². The summed E-state index contributed by atoms with van der Waals surface area (Å²) in [5, 5.41) is 16.7. The Morgan fingerprint density at radius 3 is 3.04 bits per heavy atom. The molecule has 3 heterocycles. The lowest BCUT2D eigenvalue weighted by Gasteiger charge is -2.37. The summed E-state index contributed by atoms with van der Waals surface area (Å²) in [5.41, 5.74) is 0. The number of hydrogen-bond acceptors (Lipinski definition) is 6. The molecule has 0 spiro atoms. The molecular formula is C16H26ClN5O. The van der Waals surface area contributed by atoms with Gasteiger partial charge in [-0.25, -0.2) is 4.98 Å². The molecule has 0 unspecified atom stereocenters. The van der Waals surface area contributed by atoms with Gasteiger partial charge in [-0.3, -0.25) is 0 Å². The van der Waals surface area contributed by atoms with Crippen LogP contribution >= 0.6 is 11.6 Å². The molecule has 7 heteroatoms. The number of hydrogen-bond donors (Lipinski definition) is 3. The second kappa shape index (κ2) is 8.13. The van der Waals surface area contributed by atoms with Crippen LogP contribution in [0, 0.1) is 0 Å². The fourth-order valence-electron chi connectivity index (χ4n) is 3.52. The number of halogens is 1. The minimum absolute atomic E-state index is 0.197. The van der Waals surface area contributed by atoms with Gasteiger partial charge in [0.25, 0.3) is 0 Å². The van der Waals surface area contributed by atoms with E-state index in [0.717, 1.165) is 51.1 Å². The Kier molecular flexibility index (Phi) is 5.91. The lowest BCUT2D eigenvalue weighted by atomic mass is 10.00. The number of piperidine rings is 2. The van der Waals surface area contributed by atoms with Crippen molar-refractivity contribution in [2.75, 3.05) is 36.5 Å². The maximum Gasteiger partial charge on any atom is 0.224 e. The summed E-state index contributed by atoms with van der Waals surface area (Å²) < 4.78 is 0. The largest absolute Gasteiger partial charge is 0.396 e. The van der Waals surface area contributed by atoms with E-state index in [1.165, 1.54) is 12.8 Å². The number of nitrogens with one attached hydrogen (secondary N) is 2. The molecule has 3 rings (SSSR count). The highest BCUT2D eigenvalue weighted by Gasteiger charge is 2.25. The Morgan fingerprint density at radius 1 is 1.35 bits per heavy atom. The summed E-state index contributed by atoms with van der Waals surface area (Å²) >= 11 is 6.37. The molecule has 0 bridgehead atoms. The molecule has 1 aromatic rings. The minimum atomic E-state index is 0.197. The highest BCUT2D eigenvalue weighted by molar-refractivity contribution is 6.32. The molecule has 1 aromatic heterocycles. The van der Waals surface area contributed by atoms with Gasteiger partial charge in [0.15, 0.2) is 5.82 Å². The third-order valence-corrected chi connectivity index (χ3v) is 4.98. The molecule has 2 atom stereocenters. The van der Waals surface area contributed by atoms with Crippen LogP contribution in [0.4, 0.5) is 11.8 Å². The zero-order chi connectivity index (χ0) is 16.1. The van der Waals surface area contributed by atoms with Crippen molar-refractivity contribution >= 4 is 23.4 Å². The summed E-state index contributed by atoms with van der Waals surface area (Å²) in [7, 11) is 0. The van der Waals surface area contributed by atoms with Gasteiger partial charge >= 0.3 is 0 Å². The molecule has 2 aliphatic heterocycles. The Morgan fingerprint density at radius 2 is 2.26 bits per heavy atom. The van der Waals surface area contributed by atoms with Gasteiger partial charge in [-0.15, -0.1) is 0 Å². The van der Waals surface area contributed by atoms with Crippen LogP contribution in [0.2, 0.25) is 5.02 Å². The fraction of sp³-hybridized carbons (Fsp3) is 0.750. The molecule has 3 N–H and O–H groups in total. The predicted molar refractivity (Wildman–Crippen MR) is 93.2 cm³/mol. The first kappa shape index (κ1) is 16.7. The Hall–Kier alpha value is -1.11. The Bertz CT molecular complexity index is 507. The molecule has 0 aliphatic carbocycles. The monoisotopic (exact) mass is 339 g/mol. The zero-order valence-electron chi connectivity index (χ0n) is 13.5. The van der Waals surface area contributed by atoms with Crippen molar-refractivity contribution in [3.8, 4) is 0 Å². The van der Waals surface area contributed by atoms with Crippen molar-refractivity contribution in [1.29, 1.82) is 0 Å². The van der Waals surface area contributed by atoms with Crippen LogP contribution in [0.1, 0.15) is 38.5 Å². The first-order valence-corrected chi connectivity index (χ1v) is 9.03. The van der Waals surface area contributed by atoms with Crippen molar-refractivity contribution in [2.24, 2.45) is 0 Å². The van der Waals surface area contributed by atoms with Gasteiger partial charge in [-0.2, -0.15) is 4.98 Å². The normalized spacial score (nSPS) is 25.4. The Labute approximate surface area is 142 Å². The van der Waals surface area contributed by atoms with Gasteiger partial charge in [-0.05, 0) is 45.1 Å². The quantitative estimate of drug-likeness (QED) is 0.762. The highest BCUT2D eigenvalue weighted by atomic mass is 35.5. The van der Waals surface area contributed by atoms with E-state index in [1.807, 2.05) is 0 Å². The third kappa shape index (κ3) is 4.25. The summed E-state index contributed by atoms with van der Waals surface area (Å²) in [6, 6.07) is 0.678. The molecule has 2 aliphatic rings. The van der Waals surface area contributed by atoms with Crippen molar-refractivity contribution < 1.29 is 5.11 Å². The van der Waals surface area contributed by atoms with Crippen molar-refractivity contribution in [3.05, 3.63) is 11.2 Å². The van der Waals surface area contributed by atoms with E-state index >= 15 is 0 Å². The van der Waals surface area contributed by atoms with Crippen LogP contribution in [0.3, 0.4) is 0 Å². The average molecular weight is 340 g/mol. The molecule has 2 fully saturated rings. The Balaban J connectivity index is 1.75. The first-order chi connectivity index (χ1) is 11.3. The predicted octanol–water partition coefficient (Wildman–Crippen LogP) is 2.04. The first-order valence-electron chi connectivity index (χ1n) is 8.65. The van der Waals surface area contributed by atoms with Gasteiger partial charge in [-0.1, -0.05) is 11.6 Å². The third-order valence-electron chi connectivity index (χ3n) is 4.72. The van der Waals surface area contributed by atoms with Crippen LogP contribution in [0.15, 0.2) is 6.20 Å². The van der Waals surface area contributed by atoms with Gasteiger partial charge in [0.1, 0.15) is 5.02 Å². The molecule has 0 amide bonds. The molecule has 2 saturated heterocycles. The molecule has 0 saturated carbocycles. The highest BCUT2D eigenvalue weighted by Crippen LogP contribution is 2.31. The van der Waals surface area contributed by atoms with Crippen molar-refractivity contribution in [3.63, 3.8) is 0 Å². The lowest BCUT2D eigenvalue weighted by molar-refractivity contribution is 0.262. The average Bonchev–Trinajstić information content (AvgIpc) is 2.59. The number of rotatable bonds is 5. The molecule has 23 heavy (non-hydrogen) atoms. The number of aliphatic hydroxyl groups is 1. The number of anilines is 2. The number of aliphatic hydroxyl groups excluding tert-OH is 1. The second-order valence-corrected chi connectivity index (χ2v) is 6.82. The summed E-state index contributed by atoms with van der Waals surface area (Å²) in [4.78, 5) is 11.3. The molecule has 128 valence electrons. The molecule has 0 aromatic carbocycles. The molecule has 6 nitrogen and oxygen atoms in total. The number of nitrogens with zero attached hydrogens (tertiary/aromatic N) is 3. The van der Waals surface area contributed by atoms with Gasteiger partial charge in [0.2, 0.25) is 5.95 Å². The maximum atomic E-state index is 9.31. The minimum Gasteiger partial charge on any atom is -0.396 e. The van der Waals surface area contributed by atoms with E-state index in [1.54, 1.807) is 6.20 Å². The van der Waals surface area contributed by atoms with E-state index in [4.69, 9.17) is 11.6 Å². The van der Waals surface area contributed by atoms with Crippen LogP contribution in [-0.4, -0.2) is 53.4 Å². The summed E-state index contributed by atoms with van der Waals surface area (Å²) in [6.07, 6.45) is 8.16. The fourth-order valence-corrected chi connectivity index (χ4v) is 3.71. The van der Waals surface area contributed by atoms with Crippen LogP contribution in [-0.2, 0) is 0 Å². The standard InChI is InChI=1S/C16H26ClN5O/c17-14-11-19-16(20-12-4-3-7-18-10-12)21-15(14)22-8-2-1-5-13(22)6-9-23/h11-13,18,23H,1-10H2,(H,19,20,21)/t12-,13+/m1/s1. The van der Waals surface area contributed by atoms with Crippen molar-refractivity contribution in [2.45, 2.75) is 50.6 Å². The summed E-state index contributed by atoms with van der Waals surface area (Å²) in [5.74, 6) is 1.44. The van der Waals surface area contributed by atoms with E-state index in [-0.39, 0.29) is 6.61 Å². The molecular weight excluding hydrogens is 314 g/mol.